The van der Waals surface area contributed by atoms with Crippen molar-refractivity contribution in [1.29, 1.82) is 10.5 Å². The molecule has 0 saturated carbocycles. The molecular weight excluding hydrogens is 278 g/mol. The normalized spacial score (nSPS) is 14.5. The Morgan fingerprint density at radius 3 is 2.32 bits per heavy atom. The van der Waals surface area contributed by atoms with Crippen LogP contribution in [0.15, 0.2) is 36.0 Å². The van der Waals surface area contributed by atoms with Crippen LogP contribution in [-0.4, -0.2) is 19.0 Å². The first kappa shape index (κ1) is 15.4. The number of rotatable bonds is 4. The predicted molar refractivity (Wildman–Crippen MR) is 83.5 cm³/mol. The van der Waals surface area contributed by atoms with Gasteiger partial charge in [-0.1, -0.05) is 0 Å². The molecule has 1 aliphatic heterocycles. The molecule has 1 aromatic rings. The van der Waals surface area contributed by atoms with Crippen molar-refractivity contribution in [3.8, 4) is 12.1 Å². The molecule has 112 valence electrons. The van der Waals surface area contributed by atoms with Crippen molar-refractivity contribution in [2.45, 2.75) is 12.8 Å². The van der Waals surface area contributed by atoms with Crippen LogP contribution in [0.2, 0.25) is 0 Å². The minimum atomic E-state index is -0.211. The predicted octanol–water partition coefficient (Wildman–Crippen LogP) is 1.73. The standard InChI is InChI=1S/C16H17N5O/c17-9-12(10-18)11-20-14-1-3-15(4-2-14)21-7-5-13(6-8-21)16(19)22/h1-4,11,13,20H,5-8H2,(H2,19,22). The molecule has 0 atom stereocenters. The van der Waals surface area contributed by atoms with Gasteiger partial charge >= 0.3 is 0 Å². The van der Waals surface area contributed by atoms with Crippen molar-refractivity contribution in [2.75, 3.05) is 23.3 Å². The van der Waals surface area contributed by atoms with Gasteiger partial charge in [0.25, 0.3) is 0 Å². The highest BCUT2D eigenvalue weighted by Gasteiger charge is 2.23. The number of primary amides is 1. The molecule has 1 heterocycles. The van der Waals surface area contributed by atoms with E-state index in [9.17, 15) is 4.79 Å². The lowest BCUT2D eigenvalue weighted by Gasteiger charge is -2.32. The van der Waals surface area contributed by atoms with Crippen molar-refractivity contribution >= 4 is 17.3 Å². The van der Waals surface area contributed by atoms with Gasteiger partial charge in [-0.15, -0.1) is 0 Å². The molecule has 1 amide bonds. The molecule has 1 fully saturated rings. The lowest BCUT2D eigenvalue weighted by Crippen LogP contribution is -2.38. The molecule has 3 N–H and O–H groups in total. The van der Waals surface area contributed by atoms with E-state index in [4.69, 9.17) is 16.3 Å². The number of nitrogens with two attached hydrogens (primary N) is 1. The molecule has 22 heavy (non-hydrogen) atoms. The molecule has 1 aromatic carbocycles. The van der Waals surface area contributed by atoms with E-state index in [0.29, 0.717) is 0 Å². The Balaban J connectivity index is 1.96. The zero-order valence-electron chi connectivity index (χ0n) is 12.1. The molecule has 0 radical (unpaired) electrons. The van der Waals surface area contributed by atoms with E-state index in [1.54, 1.807) is 12.1 Å². The largest absolute Gasteiger partial charge is 0.371 e. The molecule has 0 spiro atoms. The summed E-state index contributed by atoms with van der Waals surface area (Å²) in [5.74, 6) is -0.227. The number of amides is 1. The average molecular weight is 295 g/mol. The quantitative estimate of drug-likeness (QED) is 0.823. The van der Waals surface area contributed by atoms with Gasteiger partial charge in [-0.2, -0.15) is 10.5 Å². The summed E-state index contributed by atoms with van der Waals surface area (Å²) in [4.78, 5) is 13.4. The molecule has 0 aliphatic carbocycles. The van der Waals surface area contributed by atoms with Crippen LogP contribution in [0.25, 0.3) is 0 Å². The van der Waals surface area contributed by atoms with Crippen LogP contribution in [0.5, 0.6) is 0 Å². The van der Waals surface area contributed by atoms with E-state index in [-0.39, 0.29) is 17.4 Å². The first-order chi connectivity index (χ1) is 10.6. The minimum Gasteiger partial charge on any atom is -0.371 e. The van der Waals surface area contributed by atoms with E-state index >= 15 is 0 Å². The Bertz CT molecular complexity index is 627. The summed E-state index contributed by atoms with van der Waals surface area (Å²) in [5, 5.41) is 20.2. The van der Waals surface area contributed by atoms with Crippen molar-refractivity contribution < 1.29 is 4.79 Å². The molecule has 1 aliphatic rings. The summed E-state index contributed by atoms with van der Waals surface area (Å²) in [6.07, 6.45) is 2.95. The fourth-order valence-electron chi connectivity index (χ4n) is 2.44. The molecular formula is C16H17N5O. The number of piperidine rings is 1. The molecule has 6 heteroatoms. The first-order valence-electron chi connectivity index (χ1n) is 7.05. The number of anilines is 2. The van der Waals surface area contributed by atoms with Crippen LogP contribution in [-0.2, 0) is 4.79 Å². The van der Waals surface area contributed by atoms with Gasteiger partial charge in [-0.05, 0) is 37.1 Å². The summed E-state index contributed by atoms with van der Waals surface area (Å²) in [5.41, 5.74) is 7.25. The van der Waals surface area contributed by atoms with Crippen LogP contribution in [0.1, 0.15) is 12.8 Å². The third kappa shape index (κ3) is 3.77. The third-order valence-electron chi connectivity index (χ3n) is 3.75. The molecule has 2 rings (SSSR count). The van der Waals surface area contributed by atoms with Gasteiger partial charge in [0.05, 0.1) is 0 Å². The Labute approximate surface area is 129 Å². The second kappa shape index (κ2) is 7.14. The zero-order valence-corrected chi connectivity index (χ0v) is 12.1. The highest BCUT2D eigenvalue weighted by Crippen LogP contribution is 2.24. The number of hydrogen-bond donors (Lipinski definition) is 2. The fraction of sp³-hybridized carbons (Fsp3) is 0.312. The molecule has 1 saturated heterocycles. The second-order valence-corrected chi connectivity index (χ2v) is 5.14. The number of allylic oxidation sites excluding steroid dienone is 1. The minimum absolute atomic E-state index is 0.0160. The molecule has 0 bridgehead atoms. The van der Waals surface area contributed by atoms with Gasteiger partial charge in [-0.3, -0.25) is 4.79 Å². The first-order valence-corrected chi connectivity index (χ1v) is 7.05. The molecule has 0 aromatic heterocycles. The van der Waals surface area contributed by atoms with E-state index in [1.165, 1.54) is 6.20 Å². The second-order valence-electron chi connectivity index (χ2n) is 5.14. The van der Waals surface area contributed by atoms with Gasteiger partial charge < -0.3 is 16.0 Å². The van der Waals surface area contributed by atoms with E-state index in [2.05, 4.69) is 10.2 Å². The SMILES string of the molecule is N#CC(C#N)=CNc1ccc(N2CCC(C(N)=O)CC2)cc1. The number of nitrogens with zero attached hydrogens (tertiary/aromatic N) is 3. The van der Waals surface area contributed by atoms with Crippen LogP contribution in [0.4, 0.5) is 11.4 Å². The topological polar surface area (TPSA) is 106 Å². The van der Waals surface area contributed by atoms with Gasteiger partial charge in [0, 0.05) is 36.6 Å². The highest BCUT2D eigenvalue weighted by molar-refractivity contribution is 5.77. The van der Waals surface area contributed by atoms with Crippen molar-refractivity contribution in [3.05, 3.63) is 36.0 Å². The fourth-order valence-corrected chi connectivity index (χ4v) is 2.44. The van der Waals surface area contributed by atoms with Crippen LogP contribution < -0.4 is 16.0 Å². The maximum absolute atomic E-state index is 11.2. The summed E-state index contributed by atoms with van der Waals surface area (Å²) in [7, 11) is 0. The average Bonchev–Trinajstić information content (AvgIpc) is 2.56. The smallest absolute Gasteiger partial charge is 0.220 e. The summed E-state index contributed by atoms with van der Waals surface area (Å²) < 4.78 is 0. The Morgan fingerprint density at radius 2 is 1.82 bits per heavy atom. The highest BCUT2D eigenvalue weighted by atomic mass is 16.1. The maximum Gasteiger partial charge on any atom is 0.220 e. The van der Waals surface area contributed by atoms with Gasteiger partial charge in [-0.25, -0.2) is 0 Å². The summed E-state index contributed by atoms with van der Waals surface area (Å²) in [6, 6.07) is 11.3. The van der Waals surface area contributed by atoms with Crippen LogP contribution in [0, 0.1) is 28.6 Å². The van der Waals surface area contributed by atoms with Gasteiger partial charge in [0.2, 0.25) is 5.91 Å². The van der Waals surface area contributed by atoms with E-state index in [1.807, 2.05) is 24.3 Å². The lowest BCUT2D eigenvalue weighted by atomic mass is 9.96. The van der Waals surface area contributed by atoms with Crippen molar-refractivity contribution in [1.82, 2.24) is 0 Å². The number of carbonyl (C=O) groups is 1. The number of nitriles is 2. The number of benzene rings is 1. The van der Waals surface area contributed by atoms with Gasteiger partial charge in [0.1, 0.15) is 17.7 Å². The lowest BCUT2D eigenvalue weighted by molar-refractivity contribution is -0.122. The number of nitrogens with one attached hydrogen (secondary N) is 1. The molecule has 6 nitrogen and oxygen atoms in total. The van der Waals surface area contributed by atoms with Crippen LogP contribution >= 0.6 is 0 Å². The van der Waals surface area contributed by atoms with Crippen LogP contribution in [0.3, 0.4) is 0 Å². The Kier molecular flexibility index (Phi) is 5.00. The monoisotopic (exact) mass is 295 g/mol. The van der Waals surface area contributed by atoms with E-state index in [0.717, 1.165) is 37.3 Å². The Morgan fingerprint density at radius 1 is 1.23 bits per heavy atom. The number of carbonyl (C=O) groups excluding carboxylic acids is 1. The van der Waals surface area contributed by atoms with Crippen molar-refractivity contribution in [2.24, 2.45) is 11.7 Å². The number of hydrogen-bond acceptors (Lipinski definition) is 5. The van der Waals surface area contributed by atoms with Crippen molar-refractivity contribution in [3.63, 3.8) is 0 Å². The zero-order chi connectivity index (χ0) is 15.9. The van der Waals surface area contributed by atoms with Gasteiger partial charge in [0.15, 0.2) is 0 Å². The third-order valence-corrected chi connectivity index (χ3v) is 3.75. The maximum atomic E-state index is 11.2. The Hall–Kier alpha value is -2.99. The summed E-state index contributed by atoms with van der Waals surface area (Å²) in [6.45, 7) is 1.63. The summed E-state index contributed by atoms with van der Waals surface area (Å²) >= 11 is 0. The molecule has 0 unspecified atom stereocenters. The van der Waals surface area contributed by atoms with E-state index < -0.39 is 0 Å².